The number of benzene rings is 1. The van der Waals surface area contributed by atoms with Crippen molar-refractivity contribution in [3.63, 3.8) is 0 Å². The molecule has 1 aromatic carbocycles. The first-order valence-corrected chi connectivity index (χ1v) is 10.7. The number of hydrogen-bond acceptors (Lipinski definition) is 6. The van der Waals surface area contributed by atoms with Gasteiger partial charge in [-0.05, 0) is 53.9 Å². The highest BCUT2D eigenvalue weighted by Gasteiger charge is 2.24. The molecule has 0 atom stereocenters. The molecule has 7 nitrogen and oxygen atoms in total. The molecule has 8 heteroatoms. The van der Waals surface area contributed by atoms with Crippen LogP contribution >= 0.6 is 22.6 Å². The Hall–Kier alpha value is -1.94. The van der Waals surface area contributed by atoms with Gasteiger partial charge in [0.2, 0.25) is 0 Å². The summed E-state index contributed by atoms with van der Waals surface area (Å²) in [6.45, 7) is 7.08. The second-order valence-electron chi connectivity index (χ2n) is 7.31. The van der Waals surface area contributed by atoms with Crippen molar-refractivity contribution in [3.05, 3.63) is 45.8 Å². The van der Waals surface area contributed by atoms with Crippen LogP contribution in [0.4, 0.5) is 11.6 Å². The van der Waals surface area contributed by atoms with Gasteiger partial charge in [-0.3, -0.25) is 4.79 Å². The van der Waals surface area contributed by atoms with E-state index in [1.54, 1.807) is 6.33 Å². The van der Waals surface area contributed by atoms with E-state index in [0.29, 0.717) is 13.1 Å². The van der Waals surface area contributed by atoms with Crippen LogP contribution in [0.3, 0.4) is 0 Å². The van der Waals surface area contributed by atoms with Gasteiger partial charge in [0.1, 0.15) is 18.0 Å². The fraction of sp³-hybridized carbons (Fsp3) is 0.450. The third kappa shape index (κ3) is 4.38. The summed E-state index contributed by atoms with van der Waals surface area (Å²) in [6, 6.07) is 9.85. The second kappa shape index (κ2) is 8.60. The summed E-state index contributed by atoms with van der Waals surface area (Å²) in [6.07, 6.45) is 1.66. The summed E-state index contributed by atoms with van der Waals surface area (Å²) in [5.74, 6) is 2.05. The first-order chi connectivity index (χ1) is 13.6. The van der Waals surface area contributed by atoms with E-state index < -0.39 is 0 Å². The highest BCUT2D eigenvalue weighted by molar-refractivity contribution is 14.1. The fourth-order valence-electron chi connectivity index (χ4n) is 3.63. The first-order valence-electron chi connectivity index (χ1n) is 9.65. The number of halogens is 1. The Morgan fingerprint density at radius 2 is 1.39 bits per heavy atom. The van der Waals surface area contributed by atoms with Crippen molar-refractivity contribution in [2.24, 2.45) is 0 Å². The molecule has 0 unspecified atom stereocenters. The molecule has 1 amide bonds. The van der Waals surface area contributed by atoms with Gasteiger partial charge >= 0.3 is 0 Å². The number of hydrogen-bond donors (Lipinski definition) is 0. The van der Waals surface area contributed by atoms with E-state index in [-0.39, 0.29) is 5.91 Å². The molecule has 0 radical (unpaired) electrons. The molecule has 0 spiro atoms. The molecule has 2 aliphatic heterocycles. The van der Waals surface area contributed by atoms with E-state index in [2.05, 4.69) is 60.4 Å². The van der Waals surface area contributed by atoms with Crippen molar-refractivity contribution in [3.8, 4) is 0 Å². The second-order valence-corrected chi connectivity index (χ2v) is 8.56. The van der Waals surface area contributed by atoms with Crippen molar-refractivity contribution < 1.29 is 4.79 Å². The molecule has 2 aromatic rings. The van der Waals surface area contributed by atoms with Crippen LogP contribution in [0.5, 0.6) is 0 Å². The highest BCUT2D eigenvalue weighted by Crippen LogP contribution is 2.20. The van der Waals surface area contributed by atoms with Crippen molar-refractivity contribution in [1.29, 1.82) is 0 Å². The predicted molar refractivity (Wildman–Crippen MR) is 119 cm³/mol. The molecule has 2 aliphatic rings. The van der Waals surface area contributed by atoms with Crippen molar-refractivity contribution in [2.75, 3.05) is 69.2 Å². The molecule has 148 valence electrons. The Kier molecular flexibility index (Phi) is 5.96. The van der Waals surface area contributed by atoms with Crippen molar-refractivity contribution in [2.45, 2.75) is 0 Å². The highest BCUT2D eigenvalue weighted by atomic mass is 127. The molecule has 1 aromatic heterocycles. The summed E-state index contributed by atoms with van der Waals surface area (Å²) < 4.78 is 1.14. The Morgan fingerprint density at radius 3 is 1.96 bits per heavy atom. The van der Waals surface area contributed by atoms with Gasteiger partial charge in [0.25, 0.3) is 5.91 Å². The van der Waals surface area contributed by atoms with Crippen LogP contribution < -0.4 is 9.80 Å². The maximum absolute atomic E-state index is 12.7. The van der Waals surface area contributed by atoms with E-state index in [9.17, 15) is 4.79 Å². The average molecular weight is 492 g/mol. The minimum atomic E-state index is 0.108. The van der Waals surface area contributed by atoms with Crippen molar-refractivity contribution in [1.82, 2.24) is 19.8 Å². The maximum Gasteiger partial charge on any atom is 0.253 e. The minimum absolute atomic E-state index is 0.108. The third-order valence-corrected chi connectivity index (χ3v) is 6.17. The Balaban J connectivity index is 1.38. The van der Waals surface area contributed by atoms with Crippen molar-refractivity contribution >= 4 is 40.1 Å². The van der Waals surface area contributed by atoms with Crippen LogP contribution in [0, 0.1) is 3.57 Å². The summed E-state index contributed by atoms with van der Waals surface area (Å²) in [4.78, 5) is 30.5. The third-order valence-electron chi connectivity index (χ3n) is 5.45. The smallest absolute Gasteiger partial charge is 0.253 e. The quantitative estimate of drug-likeness (QED) is 0.610. The maximum atomic E-state index is 12.7. The summed E-state index contributed by atoms with van der Waals surface area (Å²) in [5, 5.41) is 0. The molecule has 0 N–H and O–H groups in total. The molecule has 2 fully saturated rings. The number of amides is 1. The fourth-order valence-corrected chi connectivity index (χ4v) is 3.99. The summed E-state index contributed by atoms with van der Waals surface area (Å²) in [5.41, 5.74) is 0.758. The molecular formula is C20H25IN6O. The molecule has 28 heavy (non-hydrogen) atoms. The summed E-state index contributed by atoms with van der Waals surface area (Å²) >= 11 is 2.25. The minimum Gasteiger partial charge on any atom is -0.354 e. The number of anilines is 2. The standard InChI is InChI=1S/C20H25IN6O/c1-24-6-8-25(9-7-24)18-14-19(23-15-22-18)26-10-12-27(13-11-26)20(28)16-2-4-17(21)5-3-16/h2-5,14-15H,6-13H2,1H3. The van der Waals surface area contributed by atoms with Crippen LogP contribution in [-0.2, 0) is 0 Å². The molecule has 0 saturated carbocycles. The van der Waals surface area contributed by atoms with Gasteiger partial charge < -0.3 is 19.6 Å². The Labute approximate surface area is 179 Å². The van der Waals surface area contributed by atoms with E-state index >= 15 is 0 Å². The van der Waals surface area contributed by atoms with Gasteiger partial charge in [0.15, 0.2) is 0 Å². The molecular weight excluding hydrogens is 467 g/mol. The number of aromatic nitrogens is 2. The molecule has 2 saturated heterocycles. The zero-order chi connectivity index (χ0) is 19.5. The Morgan fingerprint density at radius 1 is 0.857 bits per heavy atom. The molecule has 0 bridgehead atoms. The van der Waals surface area contributed by atoms with Crippen LogP contribution in [0.25, 0.3) is 0 Å². The number of nitrogens with zero attached hydrogens (tertiary/aromatic N) is 6. The average Bonchev–Trinajstić information content (AvgIpc) is 2.74. The van der Waals surface area contributed by atoms with Gasteiger partial charge in [-0.2, -0.15) is 0 Å². The number of carbonyl (C=O) groups is 1. The zero-order valence-electron chi connectivity index (χ0n) is 16.1. The van der Waals surface area contributed by atoms with E-state index in [0.717, 1.165) is 60.0 Å². The van der Waals surface area contributed by atoms with Gasteiger partial charge in [0, 0.05) is 67.6 Å². The normalized spacial score (nSPS) is 18.4. The molecule has 3 heterocycles. The van der Waals surface area contributed by atoms with Gasteiger partial charge in [-0.15, -0.1) is 0 Å². The van der Waals surface area contributed by atoms with Crippen LogP contribution in [-0.4, -0.2) is 85.1 Å². The topological polar surface area (TPSA) is 55.8 Å². The van der Waals surface area contributed by atoms with E-state index in [1.165, 1.54) is 0 Å². The predicted octanol–water partition coefficient (Wildman–Crippen LogP) is 1.80. The number of rotatable bonds is 3. The van der Waals surface area contributed by atoms with Crippen LogP contribution in [0.2, 0.25) is 0 Å². The van der Waals surface area contributed by atoms with Gasteiger partial charge in [-0.1, -0.05) is 0 Å². The lowest BCUT2D eigenvalue weighted by atomic mass is 10.2. The van der Waals surface area contributed by atoms with Gasteiger partial charge in [0.05, 0.1) is 0 Å². The van der Waals surface area contributed by atoms with E-state index in [4.69, 9.17) is 0 Å². The summed E-state index contributed by atoms with van der Waals surface area (Å²) in [7, 11) is 2.15. The lowest BCUT2D eigenvalue weighted by Crippen LogP contribution is -2.49. The molecule has 0 aliphatic carbocycles. The lowest BCUT2D eigenvalue weighted by molar-refractivity contribution is 0.0746. The largest absolute Gasteiger partial charge is 0.354 e. The zero-order valence-corrected chi connectivity index (χ0v) is 18.2. The Bertz CT molecular complexity index is 814. The number of carbonyl (C=O) groups excluding carboxylic acids is 1. The first kappa shape index (κ1) is 19.4. The number of piperazine rings is 2. The lowest BCUT2D eigenvalue weighted by Gasteiger charge is -2.36. The molecule has 4 rings (SSSR count). The SMILES string of the molecule is CN1CCN(c2cc(N3CCN(C(=O)c4ccc(I)cc4)CC3)ncn2)CC1. The van der Waals surface area contributed by atoms with Crippen LogP contribution in [0.15, 0.2) is 36.7 Å². The van der Waals surface area contributed by atoms with Crippen LogP contribution in [0.1, 0.15) is 10.4 Å². The van der Waals surface area contributed by atoms with E-state index in [1.807, 2.05) is 29.2 Å². The number of likely N-dealkylation sites (N-methyl/N-ethyl adjacent to an activating group) is 1. The monoisotopic (exact) mass is 492 g/mol. The van der Waals surface area contributed by atoms with Gasteiger partial charge in [-0.25, -0.2) is 9.97 Å².